The fourth-order valence-electron chi connectivity index (χ4n) is 6.72. The zero-order valence-electron chi connectivity index (χ0n) is 37.0. The molecule has 0 aliphatic heterocycles. The van der Waals surface area contributed by atoms with E-state index >= 15 is 0 Å². The van der Waals surface area contributed by atoms with Gasteiger partial charge < -0.3 is 24.4 Å². The Labute approximate surface area is 408 Å². The molecule has 0 fully saturated rings. The van der Waals surface area contributed by atoms with Crippen molar-refractivity contribution in [3.8, 4) is 22.3 Å². The maximum Gasteiger partial charge on any atom is 0.416 e. The Balaban J connectivity index is 0.000000304. The zero-order valence-corrected chi connectivity index (χ0v) is 38.5. The van der Waals surface area contributed by atoms with Crippen LogP contribution in [-0.4, -0.2) is 53.4 Å². The van der Waals surface area contributed by atoms with Crippen LogP contribution < -0.4 is 0 Å². The number of esters is 4. The molecular formula is C48H36Cl2F6N2O13. The first-order valence-electron chi connectivity index (χ1n) is 19.8. The van der Waals surface area contributed by atoms with Crippen LogP contribution in [0.3, 0.4) is 0 Å². The lowest BCUT2D eigenvalue weighted by Gasteiger charge is -2.27. The maximum absolute atomic E-state index is 13.1. The molecule has 71 heavy (non-hydrogen) atoms. The quantitative estimate of drug-likeness (QED) is 0.0367. The molecule has 0 saturated heterocycles. The summed E-state index contributed by atoms with van der Waals surface area (Å²) in [4.78, 5) is 72.8. The number of rotatable bonds is 12. The van der Waals surface area contributed by atoms with Crippen LogP contribution in [-0.2, 0) is 52.1 Å². The summed E-state index contributed by atoms with van der Waals surface area (Å²) in [6.45, 7) is 2.54. The van der Waals surface area contributed by atoms with E-state index in [1.54, 1.807) is 36.4 Å². The van der Waals surface area contributed by atoms with Gasteiger partial charge in [-0.05, 0) is 73.5 Å². The summed E-state index contributed by atoms with van der Waals surface area (Å²) >= 11 is 12.1. The maximum atomic E-state index is 13.1. The number of methoxy groups -OCH3 is 2. The van der Waals surface area contributed by atoms with E-state index in [0.29, 0.717) is 12.1 Å². The average molecular weight is 1030 g/mol. The number of halogens is 8. The largest absolute Gasteiger partial charge is 0.466 e. The number of alkyl halides is 6. The number of nitrogens with zero attached hydrogens (tertiary/aromatic N) is 2. The van der Waals surface area contributed by atoms with Gasteiger partial charge in [0.1, 0.15) is 11.1 Å². The molecule has 2 atom stereocenters. The zero-order chi connectivity index (χ0) is 51.9. The molecule has 0 spiro atoms. The van der Waals surface area contributed by atoms with Crippen LogP contribution in [0.5, 0.6) is 0 Å². The van der Waals surface area contributed by atoms with Crippen LogP contribution in [0.4, 0.5) is 37.7 Å². The Morgan fingerprint density at radius 3 is 1.08 bits per heavy atom. The predicted molar refractivity (Wildman–Crippen MR) is 243 cm³/mol. The van der Waals surface area contributed by atoms with Gasteiger partial charge in [-0.15, -0.1) is 0 Å². The molecule has 23 heteroatoms. The van der Waals surface area contributed by atoms with Crippen molar-refractivity contribution in [1.29, 1.82) is 0 Å². The molecule has 2 N–H and O–H groups in total. The Morgan fingerprint density at radius 2 is 0.817 bits per heavy atom. The van der Waals surface area contributed by atoms with E-state index in [2.05, 4.69) is 0 Å². The summed E-state index contributed by atoms with van der Waals surface area (Å²) in [6, 6.07) is 27.6. The Bertz CT molecular complexity index is 2800. The van der Waals surface area contributed by atoms with Crippen molar-refractivity contribution in [2.45, 2.75) is 37.4 Å². The summed E-state index contributed by atoms with van der Waals surface area (Å²) in [5.74, 6) is -4.31. The summed E-state index contributed by atoms with van der Waals surface area (Å²) in [5, 5.41) is 22.6. The molecule has 6 rings (SSSR count). The Hall–Kier alpha value is -7.88. The van der Waals surface area contributed by atoms with Gasteiger partial charge in [-0.3, -0.25) is 20.2 Å². The van der Waals surface area contributed by atoms with Crippen LogP contribution in [0, 0.1) is 20.2 Å². The highest BCUT2D eigenvalue weighted by atomic mass is 35.5. The predicted octanol–water partition coefficient (Wildman–Crippen LogP) is 11.5. The minimum absolute atomic E-state index is 0. The molecule has 0 aliphatic carbocycles. The second-order valence-electron chi connectivity index (χ2n) is 14.9. The van der Waals surface area contributed by atoms with Crippen molar-refractivity contribution in [2.24, 2.45) is 0 Å². The lowest BCUT2D eigenvalue weighted by molar-refractivity contribution is -0.385. The number of nitro groups is 2. The topological polar surface area (TPSA) is 223 Å². The number of benzene rings is 6. The highest BCUT2D eigenvalue weighted by molar-refractivity contribution is 6.33. The second kappa shape index (κ2) is 22.3. The van der Waals surface area contributed by atoms with Crippen LogP contribution in [0.2, 0.25) is 10.0 Å². The smallest absolute Gasteiger partial charge is 0.416 e. The third-order valence-corrected chi connectivity index (χ3v) is 11.1. The molecule has 0 radical (unpaired) electrons. The van der Waals surface area contributed by atoms with Gasteiger partial charge in [-0.1, -0.05) is 96.0 Å². The van der Waals surface area contributed by atoms with Crippen LogP contribution in [0.1, 0.15) is 56.8 Å². The lowest BCUT2D eigenvalue weighted by Crippen LogP contribution is -2.38. The molecule has 0 bridgehead atoms. The van der Waals surface area contributed by atoms with Gasteiger partial charge in [0.05, 0.1) is 35.2 Å². The van der Waals surface area contributed by atoms with E-state index in [0.717, 1.165) is 62.8 Å². The van der Waals surface area contributed by atoms with E-state index in [9.17, 15) is 65.7 Å². The Kier molecular flexibility index (Phi) is 17.5. The highest BCUT2D eigenvalue weighted by Crippen LogP contribution is 2.40. The molecule has 6 aromatic rings. The van der Waals surface area contributed by atoms with E-state index in [1.807, 2.05) is 0 Å². The van der Waals surface area contributed by atoms with Gasteiger partial charge in [0.25, 0.3) is 11.4 Å². The minimum atomic E-state index is -4.62. The molecule has 15 nitrogen and oxygen atoms in total. The summed E-state index contributed by atoms with van der Waals surface area (Å²) < 4.78 is 98.3. The highest BCUT2D eigenvalue weighted by Gasteiger charge is 2.44. The number of carbonyl (C=O) groups excluding carboxylic acids is 4. The van der Waals surface area contributed by atoms with Crippen molar-refractivity contribution in [3.05, 3.63) is 197 Å². The summed E-state index contributed by atoms with van der Waals surface area (Å²) in [5.41, 5.74) is -7.23. The van der Waals surface area contributed by atoms with Crippen molar-refractivity contribution in [3.63, 3.8) is 0 Å². The van der Waals surface area contributed by atoms with Crippen molar-refractivity contribution in [2.75, 3.05) is 14.2 Å². The van der Waals surface area contributed by atoms with E-state index in [1.165, 1.54) is 50.2 Å². The fourth-order valence-corrected chi connectivity index (χ4v) is 7.30. The number of carbonyl (C=O) groups is 4. The van der Waals surface area contributed by atoms with E-state index in [-0.39, 0.29) is 48.9 Å². The third kappa shape index (κ3) is 12.5. The molecule has 6 aromatic carbocycles. The molecule has 372 valence electrons. The molecule has 0 heterocycles. The summed E-state index contributed by atoms with van der Waals surface area (Å²) in [6.07, 6.45) is -9.25. The molecular weight excluding hydrogens is 997 g/mol. The standard InChI is InChI=1S/2C24H17ClF3NO6.H2O/c2*1-23(22(31)34-2,15-6-4-3-5-7-15)35-21(30)18-12-14(8-11-20(18)29(32)33)17-10-9-16(13-19(17)25)24(26,27)28;/h2*3-13H,1-2H3;1H2. The molecule has 2 unspecified atom stereocenters. The van der Waals surface area contributed by atoms with Crippen molar-refractivity contribution < 1.29 is 79.8 Å². The van der Waals surface area contributed by atoms with Gasteiger partial charge in [-0.25, -0.2) is 19.2 Å². The van der Waals surface area contributed by atoms with Crippen molar-refractivity contribution in [1.82, 2.24) is 0 Å². The van der Waals surface area contributed by atoms with Crippen molar-refractivity contribution >= 4 is 58.5 Å². The second-order valence-corrected chi connectivity index (χ2v) is 15.7. The van der Waals surface area contributed by atoms with Crippen LogP contribution in [0.25, 0.3) is 22.3 Å². The normalized spacial score (nSPS) is 12.8. The first-order valence-corrected chi connectivity index (χ1v) is 20.6. The van der Waals surface area contributed by atoms with Gasteiger partial charge >= 0.3 is 36.2 Å². The van der Waals surface area contributed by atoms with Gasteiger partial charge in [0.2, 0.25) is 11.2 Å². The first-order chi connectivity index (χ1) is 32.8. The van der Waals surface area contributed by atoms with Gasteiger partial charge in [-0.2, -0.15) is 26.3 Å². The molecule has 0 aromatic heterocycles. The van der Waals surface area contributed by atoms with E-state index in [4.69, 9.17) is 42.1 Å². The fraction of sp³-hybridized carbons (Fsp3) is 0.167. The number of hydrogen-bond acceptors (Lipinski definition) is 12. The minimum Gasteiger partial charge on any atom is -0.466 e. The number of ether oxygens (including phenoxy) is 4. The van der Waals surface area contributed by atoms with Crippen LogP contribution in [0.15, 0.2) is 133 Å². The van der Waals surface area contributed by atoms with E-state index < -0.39 is 90.9 Å². The SMILES string of the molecule is COC(=O)C(C)(OC(=O)c1cc(-c2ccc(C(F)(F)F)cc2Cl)ccc1[N+](=O)[O-])c1ccccc1.COC(=O)C(C)(OC(=O)c1cc(-c2ccc(C(F)(F)F)cc2Cl)ccc1[N+](=O)[O-])c1ccccc1.O. The Morgan fingerprint density at radius 1 is 0.493 bits per heavy atom. The van der Waals surface area contributed by atoms with Crippen LogP contribution >= 0.6 is 23.2 Å². The number of nitro benzene ring substituents is 2. The average Bonchev–Trinajstić information content (AvgIpc) is 3.32. The molecule has 0 amide bonds. The molecule has 0 saturated carbocycles. The summed E-state index contributed by atoms with van der Waals surface area (Å²) in [7, 11) is 2.18. The first kappa shape index (κ1) is 55.7. The third-order valence-electron chi connectivity index (χ3n) is 10.4. The number of hydrogen-bond donors (Lipinski definition) is 0. The lowest BCUT2D eigenvalue weighted by atomic mass is 9.95. The van der Waals surface area contributed by atoms with Gasteiger partial charge in [0, 0.05) is 44.4 Å². The van der Waals surface area contributed by atoms with Gasteiger partial charge in [0.15, 0.2) is 0 Å². The molecule has 0 aliphatic rings. The monoisotopic (exact) mass is 1030 g/mol.